The Morgan fingerprint density at radius 1 is 1.13 bits per heavy atom. The molecule has 2 aromatic rings. The Labute approximate surface area is 154 Å². The van der Waals surface area contributed by atoms with Crippen LogP contribution < -0.4 is 15.8 Å². The van der Waals surface area contributed by atoms with Gasteiger partial charge in [0.1, 0.15) is 5.75 Å². The number of pyridine rings is 1. The average molecular weight is 426 g/mol. The van der Waals surface area contributed by atoms with E-state index in [0.717, 1.165) is 30.8 Å². The Hall–Kier alpha value is -1.83. The van der Waals surface area contributed by atoms with Gasteiger partial charge in [0.05, 0.1) is 6.61 Å². The summed E-state index contributed by atoms with van der Waals surface area (Å²) in [6, 6.07) is 15.6. The number of guanidine groups is 1. The first-order valence-electron chi connectivity index (χ1n) is 7.46. The van der Waals surface area contributed by atoms with Gasteiger partial charge in [0.15, 0.2) is 5.96 Å². The molecule has 23 heavy (non-hydrogen) atoms. The lowest BCUT2D eigenvalue weighted by Crippen LogP contribution is -2.33. The molecule has 0 radical (unpaired) electrons. The fourth-order valence-corrected chi connectivity index (χ4v) is 1.89. The number of hydrogen-bond acceptors (Lipinski definition) is 3. The SMILES string of the molecule is I.NC(=NCCCOc1ccccc1)NCCc1ccccn1. The smallest absolute Gasteiger partial charge is 0.188 e. The first kappa shape index (κ1) is 19.2. The highest BCUT2D eigenvalue weighted by Gasteiger charge is 1.95. The van der Waals surface area contributed by atoms with E-state index >= 15 is 0 Å². The van der Waals surface area contributed by atoms with Crippen LogP contribution in [0.25, 0.3) is 0 Å². The van der Waals surface area contributed by atoms with Crippen LogP contribution in [0, 0.1) is 0 Å². The van der Waals surface area contributed by atoms with Gasteiger partial charge in [-0.05, 0) is 24.3 Å². The van der Waals surface area contributed by atoms with Gasteiger partial charge in [0.25, 0.3) is 0 Å². The van der Waals surface area contributed by atoms with Gasteiger partial charge in [-0.1, -0.05) is 24.3 Å². The second kappa shape index (κ2) is 11.7. The number of ether oxygens (including phenoxy) is 1. The molecule has 0 atom stereocenters. The zero-order chi connectivity index (χ0) is 15.5. The fraction of sp³-hybridized carbons (Fsp3) is 0.294. The minimum Gasteiger partial charge on any atom is -0.494 e. The Kier molecular flexibility index (Phi) is 9.78. The lowest BCUT2D eigenvalue weighted by atomic mass is 10.3. The first-order chi connectivity index (χ1) is 10.8. The summed E-state index contributed by atoms with van der Waals surface area (Å²) in [4.78, 5) is 8.52. The Morgan fingerprint density at radius 3 is 2.65 bits per heavy atom. The summed E-state index contributed by atoms with van der Waals surface area (Å²) in [5, 5.41) is 3.09. The Bertz CT molecular complexity index is 563. The summed E-state index contributed by atoms with van der Waals surface area (Å²) in [6.45, 7) is 2.01. The highest BCUT2D eigenvalue weighted by atomic mass is 127. The molecule has 0 saturated heterocycles. The van der Waals surface area contributed by atoms with Crippen molar-refractivity contribution >= 4 is 29.9 Å². The average Bonchev–Trinajstić information content (AvgIpc) is 2.56. The molecule has 1 aromatic carbocycles. The lowest BCUT2D eigenvalue weighted by Gasteiger charge is -2.06. The monoisotopic (exact) mass is 426 g/mol. The molecule has 3 N–H and O–H groups in total. The van der Waals surface area contributed by atoms with Gasteiger partial charge in [-0.3, -0.25) is 9.98 Å². The van der Waals surface area contributed by atoms with Gasteiger partial charge in [-0.15, -0.1) is 24.0 Å². The molecule has 0 unspecified atom stereocenters. The van der Waals surface area contributed by atoms with Crippen LogP contribution in [-0.2, 0) is 6.42 Å². The number of nitrogens with one attached hydrogen (secondary N) is 1. The zero-order valence-electron chi connectivity index (χ0n) is 13.0. The summed E-state index contributed by atoms with van der Waals surface area (Å²) in [5.41, 5.74) is 6.85. The number of nitrogens with zero attached hydrogens (tertiary/aromatic N) is 2. The molecule has 2 rings (SSSR count). The number of hydrogen-bond donors (Lipinski definition) is 2. The number of rotatable bonds is 8. The van der Waals surface area contributed by atoms with Crippen LogP contribution >= 0.6 is 24.0 Å². The van der Waals surface area contributed by atoms with E-state index < -0.39 is 0 Å². The van der Waals surface area contributed by atoms with Crippen LogP contribution in [0.15, 0.2) is 59.7 Å². The summed E-state index contributed by atoms with van der Waals surface area (Å²) in [6.07, 6.45) is 3.45. The van der Waals surface area contributed by atoms with Crippen LogP contribution in [0.3, 0.4) is 0 Å². The molecule has 0 bridgehead atoms. The zero-order valence-corrected chi connectivity index (χ0v) is 15.4. The quantitative estimate of drug-likeness (QED) is 0.295. The van der Waals surface area contributed by atoms with E-state index in [0.29, 0.717) is 19.1 Å². The first-order valence-corrected chi connectivity index (χ1v) is 7.46. The van der Waals surface area contributed by atoms with E-state index in [2.05, 4.69) is 15.3 Å². The maximum absolute atomic E-state index is 5.81. The molecule has 124 valence electrons. The van der Waals surface area contributed by atoms with Gasteiger partial charge < -0.3 is 15.8 Å². The lowest BCUT2D eigenvalue weighted by molar-refractivity contribution is 0.313. The van der Waals surface area contributed by atoms with Crippen LogP contribution in [0.2, 0.25) is 0 Å². The molecule has 0 aliphatic carbocycles. The van der Waals surface area contributed by atoms with E-state index in [4.69, 9.17) is 10.5 Å². The summed E-state index contributed by atoms with van der Waals surface area (Å²) >= 11 is 0. The number of nitrogens with two attached hydrogens (primary N) is 1. The maximum Gasteiger partial charge on any atom is 0.188 e. The van der Waals surface area contributed by atoms with E-state index in [9.17, 15) is 0 Å². The molecule has 6 heteroatoms. The van der Waals surface area contributed by atoms with Crippen molar-refractivity contribution in [2.24, 2.45) is 10.7 Å². The maximum atomic E-state index is 5.81. The number of aromatic nitrogens is 1. The van der Waals surface area contributed by atoms with Crippen molar-refractivity contribution in [3.63, 3.8) is 0 Å². The van der Waals surface area contributed by atoms with Crippen LogP contribution in [0.4, 0.5) is 0 Å². The summed E-state index contributed by atoms with van der Waals surface area (Å²) < 4.78 is 5.59. The molecule has 0 saturated carbocycles. The standard InChI is InChI=1S/C17H22N4O.HI/c18-17(21-13-10-15-7-4-5-11-19-15)20-12-6-14-22-16-8-2-1-3-9-16;/h1-5,7-9,11H,6,10,12-14H2,(H3,18,20,21);1H. The molecule has 1 heterocycles. The predicted octanol–water partition coefficient (Wildman–Crippen LogP) is 2.62. The van der Waals surface area contributed by atoms with Gasteiger partial charge in [-0.2, -0.15) is 0 Å². The van der Waals surface area contributed by atoms with E-state index in [1.807, 2.05) is 48.5 Å². The largest absolute Gasteiger partial charge is 0.494 e. The molecule has 0 spiro atoms. The van der Waals surface area contributed by atoms with Crippen LogP contribution in [0.1, 0.15) is 12.1 Å². The number of para-hydroxylation sites is 1. The highest BCUT2D eigenvalue weighted by Crippen LogP contribution is 2.08. The summed E-state index contributed by atoms with van der Waals surface area (Å²) in [7, 11) is 0. The fourth-order valence-electron chi connectivity index (χ4n) is 1.89. The molecule has 0 aliphatic heterocycles. The van der Waals surface area contributed by atoms with Crippen molar-refractivity contribution in [3.05, 3.63) is 60.4 Å². The molecule has 0 amide bonds. The molecule has 0 fully saturated rings. The van der Waals surface area contributed by atoms with Crippen LogP contribution in [-0.4, -0.2) is 30.6 Å². The number of aliphatic imine (C=N–C) groups is 1. The predicted molar refractivity (Wildman–Crippen MR) is 104 cm³/mol. The van der Waals surface area contributed by atoms with Gasteiger partial charge >= 0.3 is 0 Å². The molecule has 5 nitrogen and oxygen atoms in total. The molecular weight excluding hydrogens is 403 g/mol. The van der Waals surface area contributed by atoms with Crippen molar-refractivity contribution in [2.45, 2.75) is 12.8 Å². The van der Waals surface area contributed by atoms with Gasteiger partial charge in [-0.25, -0.2) is 0 Å². The van der Waals surface area contributed by atoms with Crippen molar-refractivity contribution in [3.8, 4) is 5.75 Å². The third-order valence-corrected chi connectivity index (χ3v) is 3.01. The van der Waals surface area contributed by atoms with Crippen molar-refractivity contribution in [1.82, 2.24) is 10.3 Å². The summed E-state index contributed by atoms with van der Waals surface area (Å²) in [5.74, 6) is 1.35. The highest BCUT2D eigenvalue weighted by molar-refractivity contribution is 14.0. The topological polar surface area (TPSA) is 72.5 Å². The minimum atomic E-state index is 0. The minimum absolute atomic E-state index is 0. The number of halogens is 1. The molecule has 1 aromatic heterocycles. The second-order valence-electron chi connectivity index (χ2n) is 4.78. The van der Waals surface area contributed by atoms with Gasteiger partial charge in [0, 0.05) is 37.8 Å². The third kappa shape index (κ3) is 8.39. The van der Waals surface area contributed by atoms with E-state index in [-0.39, 0.29) is 24.0 Å². The second-order valence-corrected chi connectivity index (χ2v) is 4.78. The van der Waals surface area contributed by atoms with E-state index in [1.54, 1.807) is 6.20 Å². The molecule has 0 aliphatic rings. The van der Waals surface area contributed by atoms with Crippen molar-refractivity contribution in [1.29, 1.82) is 0 Å². The molecular formula is C17H23IN4O. The van der Waals surface area contributed by atoms with Crippen molar-refractivity contribution in [2.75, 3.05) is 19.7 Å². The number of benzene rings is 1. The Balaban J connectivity index is 0.00000264. The van der Waals surface area contributed by atoms with Crippen LogP contribution in [0.5, 0.6) is 5.75 Å². The van der Waals surface area contributed by atoms with Crippen molar-refractivity contribution < 1.29 is 4.74 Å². The third-order valence-electron chi connectivity index (χ3n) is 3.01. The van der Waals surface area contributed by atoms with E-state index in [1.165, 1.54) is 0 Å². The Morgan fingerprint density at radius 2 is 1.91 bits per heavy atom. The normalized spacial score (nSPS) is 10.7. The van der Waals surface area contributed by atoms with Gasteiger partial charge in [0.2, 0.25) is 0 Å².